The van der Waals surface area contributed by atoms with Gasteiger partial charge in [-0.05, 0) is 40.8 Å². The molecule has 4 nitrogen and oxygen atoms in total. The third kappa shape index (κ3) is 3.30. The number of rotatable bonds is 4. The van der Waals surface area contributed by atoms with Gasteiger partial charge in [0.05, 0.1) is 24.9 Å². The molecule has 1 fully saturated rings. The fourth-order valence-corrected chi connectivity index (χ4v) is 2.61. The van der Waals surface area contributed by atoms with Crippen LogP contribution >= 0.6 is 15.9 Å². The minimum atomic E-state index is 0.175. The molecule has 2 unspecified atom stereocenters. The first-order valence-corrected chi connectivity index (χ1v) is 6.83. The van der Waals surface area contributed by atoms with E-state index in [1.165, 1.54) is 0 Å². The van der Waals surface area contributed by atoms with Crippen molar-refractivity contribution in [3.8, 4) is 0 Å². The van der Waals surface area contributed by atoms with Crippen molar-refractivity contribution in [1.29, 1.82) is 0 Å². The van der Waals surface area contributed by atoms with Crippen LogP contribution in [0.3, 0.4) is 0 Å². The highest BCUT2D eigenvalue weighted by Gasteiger charge is 2.24. The number of nitrogens with zero attached hydrogens (tertiary/aromatic N) is 2. The summed E-state index contributed by atoms with van der Waals surface area (Å²) in [6, 6.07) is 2.05. The molecule has 5 heteroatoms. The Kier molecular flexibility index (Phi) is 4.59. The van der Waals surface area contributed by atoms with Crippen molar-refractivity contribution >= 4 is 15.9 Å². The topological polar surface area (TPSA) is 36.3 Å². The summed E-state index contributed by atoms with van der Waals surface area (Å²) in [6.07, 6.45) is 2.41. The molecule has 0 aliphatic carbocycles. The predicted molar refractivity (Wildman–Crippen MR) is 68.9 cm³/mol. The van der Waals surface area contributed by atoms with Crippen molar-refractivity contribution < 1.29 is 9.47 Å². The molecule has 2 atom stereocenters. The molecule has 0 radical (unpaired) electrons. The maximum Gasteiger partial charge on any atom is 0.128 e. The Morgan fingerprint density at radius 1 is 1.65 bits per heavy atom. The van der Waals surface area contributed by atoms with Gasteiger partial charge in [-0.3, -0.25) is 4.68 Å². The highest BCUT2D eigenvalue weighted by atomic mass is 79.9. The zero-order valence-corrected chi connectivity index (χ0v) is 11.9. The number of methoxy groups -OCH3 is 1. The van der Waals surface area contributed by atoms with Crippen LogP contribution in [-0.4, -0.2) is 30.1 Å². The fourth-order valence-electron chi connectivity index (χ4n) is 2.18. The van der Waals surface area contributed by atoms with Gasteiger partial charge in [-0.2, -0.15) is 5.10 Å². The van der Waals surface area contributed by atoms with E-state index in [0.717, 1.165) is 42.2 Å². The Hall–Kier alpha value is -0.390. The molecule has 0 spiro atoms. The van der Waals surface area contributed by atoms with Crippen LogP contribution in [0.1, 0.15) is 31.6 Å². The van der Waals surface area contributed by atoms with Gasteiger partial charge in [-0.15, -0.1) is 0 Å². The van der Waals surface area contributed by atoms with E-state index >= 15 is 0 Å². The van der Waals surface area contributed by atoms with E-state index in [1.54, 1.807) is 7.11 Å². The van der Waals surface area contributed by atoms with Gasteiger partial charge in [0.2, 0.25) is 0 Å². The zero-order valence-electron chi connectivity index (χ0n) is 10.4. The summed E-state index contributed by atoms with van der Waals surface area (Å²) in [6.45, 7) is 4.56. The van der Waals surface area contributed by atoms with Crippen LogP contribution < -0.4 is 0 Å². The second-order valence-corrected chi connectivity index (χ2v) is 5.41. The molecular formula is C12H19BrN2O2. The first-order valence-electron chi connectivity index (χ1n) is 6.04. The number of hydrogen-bond donors (Lipinski definition) is 0. The Bertz CT molecular complexity index is 367. The molecule has 0 amide bonds. The quantitative estimate of drug-likeness (QED) is 0.858. The Morgan fingerprint density at radius 3 is 3.18 bits per heavy atom. The van der Waals surface area contributed by atoms with E-state index < -0.39 is 0 Å². The van der Waals surface area contributed by atoms with E-state index in [4.69, 9.17) is 9.47 Å². The zero-order chi connectivity index (χ0) is 12.3. The molecule has 0 N–H and O–H groups in total. The van der Waals surface area contributed by atoms with Gasteiger partial charge in [0.25, 0.3) is 0 Å². The Labute approximate surface area is 110 Å². The van der Waals surface area contributed by atoms with Crippen molar-refractivity contribution in [3.05, 3.63) is 16.4 Å². The molecule has 1 aliphatic heterocycles. The fraction of sp³-hybridized carbons (Fsp3) is 0.750. The van der Waals surface area contributed by atoms with E-state index in [9.17, 15) is 0 Å². The van der Waals surface area contributed by atoms with Crippen molar-refractivity contribution in [3.63, 3.8) is 0 Å². The number of ether oxygens (including phenoxy) is 2. The molecule has 96 valence electrons. The van der Waals surface area contributed by atoms with Crippen LogP contribution in [0.25, 0.3) is 0 Å². The number of aromatic nitrogens is 2. The first-order chi connectivity index (χ1) is 8.20. The molecule has 2 rings (SSSR count). The molecular weight excluding hydrogens is 284 g/mol. The molecule has 0 bridgehead atoms. The van der Waals surface area contributed by atoms with Crippen LogP contribution in [-0.2, 0) is 16.0 Å². The highest BCUT2D eigenvalue weighted by Crippen LogP contribution is 2.32. The normalized spacial score (nSPS) is 25.1. The average Bonchev–Trinajstić information content (AvgIpc) is 2.68. The van der Waals surface area contributed by atoms with Crippen LogP contribution in [0, 0.1) is 5.92 Å². The predicted octanol–water partition coefficient (Wildman–Crippen LogP) is 2.78. The van der Waals surface area contributed by atoms with Crippen molar-refractivity contribution in [2.75, 3.05) is 20.3 Å². The molecule has 17 heavy (non-hydrogen) atoms. The summed E-state index contributed by atoms with van der Waals surface area (Å²) in [4.78, 5) is 0. The third-order valence-electron chi connectivity index (χ3n) is 3.16. The maximum atomic E-state index is 5.85. The summed E-state index contributed by atoms with van der Waals surface area (Å²) in [5.74, 6) is 0.721. The lowest BCUT2D eigenvalue weighted by molar-refractivity contribution is -0.0118. The summed E-state index contributed by atoms with van der Waals surface area (Å²) in [5.41, 5.74) is 1.15. The van der Waals surface area contributed by atoms with E-state index in [1.807, 2.05) is 4.68 Å². The second kappa shape index (κ2) is 5.98. The van der Waals surface area contributed by atoms with Crippen LogP contribution in [0.5, 0.6) is 0 Å². The average molecular weight is 303 g/mol. The molecule has 1 aromatic heterocycles. The minimum Gasteiger partial charge on any atom is -0.383 e. The summed E-state index contributed by atoms with van der Waals surface area (Å²) >= 11 is 3.43. The minimum absolute atomic E-state index is 0.175. The Balaban J connectivity index is 2.12. The van der Waals surface area contributed by atoms with Crippen molar-refractivity contribution in [1.82, 2.24) is 9.78 Å². The summed E-state index contributed by atoms with van der Waals surface area (Å²) in [7, 11) is 1.71. The van der Waals surface area contributed by atoms with Gasteiger partial charge in [0.1, 0.15) is 4.60 Å². The highest BCUT2D eigenvalue weighted by molar-refractivity contribution is 9.10. The molecule has 1 saturated heterocycles. The van der Waals surface area contributed by atoms with Crippen molar-refractivity contribution in [2.45, 2.75) is 32.4 Å². The SMILES string of the molecule is COCCn1nc(Br)cc1C1CC(C)CCO1. The molecule has 2 heterocycles. The molecule has 1 aliphatic rings. The van der Waals surface area contributed by atoms with Gasteiger partial charge in [-0.25, -0.2) is 0 Å². The first kappa shape index (κ1) is 13.1. The van der Waals surface area contributed by atoms with Gasteiger partial charge in [0, 0.05) is 13.7 Å². The van der Waals surface area contributed by atoms with Crippen LogP contribution in [0.2, 0.25) is 0 Å². The van der Waals surface area contributed by atoms with E-state index in [-0.39, 0.29) is 6.10 Å². The standard InChI is InChI=1S/C12H19BrN2O2/c1-9-3-5-17-11(7-9)10-8-12(13)14-15(10)4-6-16-2/h8-9,11H,3-7H2,1-2H3. The maximum absolute atomic E-state index is 5.85. The van der Waals surface area contributed by atoms with Gasteiger partial charge in [0.15, 0.2) is 0 Å². The summed E-state index contributed by atoms with van der Waals surface area (Å²) < 4.78 is 13.8. The summed E-state index contributed by atoms with van der Waals surface area (Å²) in [5, 5.41) is 4.42. The molecule has 1 aromatic rings. The third-order valence-corrected chi connectivity index (χ3v) is 3.55. The van der Waals surface area contributed by atoms with E-state index in [2.05, 4.69) is 34.0 Å². The molecule has 0 aromatic carbocycles. The van der Waals surface area contributed by atoms with Crippen LogP contribution in [0.15, 0.2) is 10.7 Å². The lowest BCUT2D eigenvalue weighted by Crippen LogP contribution is -2.21. The van der Waals surface area contributed by atoms with Gasteiger partial charge < -0.3 is 9.47 Å². The number of hydrogen-bond acceptors (Lipinski definition) is 3. The van der Waals surface area contributed by atoms with Crippen LogP contribution in [0.4, 0.5) is 0 Å². The van der Waals surface area contributed by atoms with Gasteiger partial charge >= 0.3 is 0 Å². The lowest BCUT2D eigenvalue weighted by atomic mass is 9.96. The monoisotopic (exact) mass is 302 g/mol. The van der Waals surface area contributed by atoms with Crippen molar-refractivity contribution in [2.24, 2.45) is 5.92 Å². The second-order valence-electron chi connectivity index (χ2n) is 4.60. The van der Waals surface area contributed by atoms with Gasteiger partial charge in [-0.1, -0.05) is 6.92 Å². The number of halogens is 1. The Morgan fingerprint density at radius 2 is 2.47 bits per heavy atom. The largest absolute Gasteiger partial charge is 0.383 e. The van der Waals surface area contributed by atoms with E-state index in [0.29, 0.717) is 6.61 Å². The molecule has 0 saturated carbocycles. The smallest absolute Gasteiger partial charge is 0.128 e. The lowest BCUT2D eigenvalue weighted by Gasteiger charge is -2.27.